The largest absolute Gasteiger partial charge is 0.480 e. The van der Waals surface area contributed by atoms with Crippen molar-refractivity contribution in [2.24, 2.45) is 0 Å². The first-order valence-corrected chi connectivity index (χ1v) is 9.48. The van der Waals surface area contributed by atoms with Crippen LogP contribution in [0, 0.1) is 13.8 Å². The van der Waals surface area contributed by atoms with Crippen LogP contribution in [0.15, 0.2) is 23.6 Å². The van der Waals surface area contributed by atoms with Crippen LogP contribution in [0.4, 0.5) is 0 Å². The zero-order chi connectivity index (χ0) is 16.7. The number of thiazole rings is 1. The highest BCUT2D eigenvalue weighted by atomic mass is 32.1. The molecule has 2 aromatic rings. The van der Waals surface area contributed by atoms with E-state index in [1.54, 1.807) is 11.3 Å². The quantitative estimate of drug-likeness (QED) is 0.833. The van der Waals surface area contributed by atoms with E-state index in [0.717, 1.165) is 48.7 Å². The molecule has 2 atom stereocenters. The average molecular weight is 342 g/mol. The van der Waals surface area contributed by atoms with Crippen LogP contribution in [0.3, 0.4) is 0 Å². The lowest BCUT2D eigenvalue weighted by molar-refractivity contribution is -0.140. The standard InChI is InChI=1S/C19H22N2O2S/c1-12-5-7-17-14(10-12)6-8-18(23-17)19(22)21-9-3-4-16(21)15-11-24-13(2)20-15/h5,7,10-11,16,18H,3-4,6,8-9H2,1-2H3. The van der Waals surface area contributed by atoms with E-state index in [-0.39, 0.29) is 18.1 Å². The average Bonchev–Trinajstić information content (AvgIpc) is 3.22. The summed E-state index contributed by atoms with van der Waals surface area (Å²) in [6, 6.07) is 6.32. The number of hydrogen-bond donors (Lipinski definition) is 0. The first kappa shape index (κ1) is 15.6. The predicted molar refractivity (Wildman–Crippen MR) is 94.5 cm³/mol. The van der Waals surface area contributed by atoms with Crippen LogP contribution in [0.5, 0.6) is 5.75 Å². The predicted octanol–water partition coefficient (Wildman–Crippen LogP) is 3.82. The highest BCUT2D eigenvalue weighted by Crippen LogP contribution is 2.35. The van der Waals surface area contributed by atoms with Crippen LogP contribution < -0.4 is 4.74 Å². The zero-order valence-electron chi connectivity index (χ0n) is 14.1. The first-order chi connectivity index (χ1) is 11.6. The molecule has 0 saturated carbocycles. The number of rotatable bonds is 2. The SMILES string of the molecule is Cc1ccc2c(c1)CCC(C(=O)N1CCCC1c1csc(C)n1)O2. The Labute approximate surface area is 146 Å². The summed E-state index contributed by atoms with van der Waals surface area (Å²) < 4.78 is 6.04. The van der Waals surface area contributed by atoms with Crippen molar-refractivity contribution in [2.75, 3.05) is 6.54 Å². The fraction of sp³-hybridized carbons (Fsp3) is 0.474. The first-order valence-electron chi connectivity index (χ1n) is 8.60. The third-order valence-corrected chi connectivity index (χ3v) is 5.74. The molecule has 3 heterocycles. The molecule has 0 spiro atoms. The number of fused-ring (bicyclic) bond motifs is 1. The van der Waals surface area contributed by atoms with Gasteiger partial charge in [0.1, 0.15) is 5.75 Å². The number of amides is 1. The molecule has 1 aromatic heterocycles. The van der Waals surface area contributed by atoms with Crippen LogP contribution in [0.25, 0.3) is 0 Å². The molecule has 0 bridgehead atoms. The van der Waals surface area contributed by atoms with Crippen molar-refractivity contribution in [3.8, 4) is 5.75 Å². The summed E-state index contributed by atoms with van der Waals surface area (Å²) in [6.07, 6.45) is 3.34. The van der Waals surface area contributed by atoms with Gasteiger partial charge in [0.15, 0.2) is 6.10 Å². The number of ether oxygens (including phenoxy) is 1. The van der Waals surface area contributed by atoms with E-state index in [1.807, 2.05) is 24.0 Å². The van der Waals surface area contributed by atoms with E-state index in [0.29, 0.717) is 0 Å². The van der Waals surface area contributed by atoms with Crippen molar-refractivity contribution in [3.05, 3.63) is 45.4 Å². The maximum atomic E-state index is 13.0. The van der Waals surface area contributed by atoms with Crippen molar-refractivity contribution in [3.63, 3.8) is 0 Å². The molecule has 2 aliphatic rings. The zero-order valence-corrected chi connectivity index (χ0v) is 14.9. The Hall–Kier alpha value is -1.88. The highest BCUT2D eigenvalue weighted by Gasteiger charge is 2.37. The number of hydrogen-bond acceptors (Lipinski definition) is 4. The summed E-state index contributed by atoms with van der Waals surface area (Å²) in [6.45, 7) is 4.90. The summed E-state index contributed by atoms with van der Waals surface area (Å²) in [5.41, 5.74) is 3.49. The summed E-state index contributed by atoms with van der Waals surface area (Å²) in [4.78, 5) is 19.6. The Balaban J connectivity index is 1.52. The van der Waals surface area contributed by atoms with E-state index in [4.69, 9.17) is 4.74 Å². The highest BCUT2D eigenvalue weighted by molar-refractivity contribution is 7.09. The minimum atomic E-state index is -0.361. The maximum Gasteiger partial charge on any atom is 0.264 e. The van der Waals surface area contributed by atoms with Crippen molar-refractivity contribution in [1.29, 1.82) is 0 Å². The number of carbonyl (C=O) groups excluding carboxylic acids is 1. The molecular weight excluding hydrogens is 320 g/mol. The van der Waals surface area contributed by atoms with Gasteiger partial charge < -0.3 is 9.64 Å². The van der Waals surface area contributed by atoms with E-state index in [1.165, 1.54) is 11.1 Å². The van der Waals surface area contributed by atoms with Gasteiger partial charge in [-0.2, -0.15) is 0 Å². The number of benzene rings is 1. The Morgan fingerprint density at radius 1 is 1.33 bits per heavy atom. The second-order valence-corrected chi connectivity index (χ2v) is 7.80. The van der Waals surface area contributed by atoms with Crippen LogP contribution in [-0.2, 0) is 11.2 Å². The van der Waals surface area contributed by atoms with Gasteiger partial charge in [0.25, 0.3) is 5.91 Å². The fourth-order valence-corrected chi connectivity index (χ4v) is 4.41. The molecule has 2 aliphatic heterocycles. The van der Waals surface area contributed by atoms with E-state index in [2.05, 4.69) is 23.4 Å². The lowest BCUT2D eigenvalue weighted by Gasteiger charge is -2.31. The van der Waals surface area contributed by atoms with Gasteiger partial charge in [-0.15, -0.1) is 11.3 Å². The smallest absolute Gasteiger partial charge is 0.264 e. The van der Waals surface area contributed by atoms with Gasteiger partial charge in [0.2, 0.25) is 0 Å². The second-order valence-electron chi connectivity index (χ2n) is 6.74. The van der Waals surface area contributed by atoms with Crippen molar-refractivity contribution < 1.29 is 9.53 Å². The van der Waals surface area contributed by atoms with E-state index >= 15 is 0 Å². The molecule has 0 radical (unpaired) electrons. The molecule has 126 valence electrons. The summed E-state index contributed by atoms with van der Waals surface area (Å²) in [5.74, 6) is 0.986. The van der Waals surface area contributed by atoms with Gasteiger partial charge in [-0.05, 0) is 51.2 Å². The van der Waals surface area contributed by atoms with Gasteiger partial charge >= 0.3 is 0 Å². The summed E-state index contributed by atoms with van der Waals surface area (Å²) in [5, 5.41) is 3.15. The summed E-state index contributed by atoms with van der Waals surface area (Å²) >= 11 is 1.65. The Morgan fingerprint density at radius 3 is 3.00 bits per heavy atom. The molecule has 1 fully saturated rings. The number of carbonyl (C=O) groups is 1. The van der Waals surface area contributed by atoms with Gasteiger partial charge in [0.05, 0.1) is 16.7 Å². The lowest BCUT2D eigenvalue weighted by atomic mass is 9.99. The molecule has 5 heteroatoms. The minimum absolute atomic E-state index is 0.116. The minimum Gasteiger partial charge on any atom is -0.480 e. The molecule has 1 saturated heterocycles. The topological polar surface area (TPSA) is 42.4 Å². The van der Waals surface area contributed by atoms with Crippen LogP contribution in [0.1, 0.15) is 47.1 Å². The van der Waals surface area contributed by atoms with Crippen LogP contribution in [0.2, 0.25) is 0 Å². The molecule has 24 heavy (non-hydrogen) atoms. The van der Waals surface area contributed by atoms with Gasteiger partial charge in [-0.1, -0.05) is 17.7 Å². The van der Waals surface area contributed by atoms with Crippen molar-refractivity contribution >= 4 is 17.2 Å². The fourth-order valence-electron chi connectivity index (χ4n) is 3.75. The van der Waals surface area contributed by atoms with E-state index in [9.17, 15) is 4.79 Å². The number of likely N-dealkylation sites (tertiary alicyclic amines) is 1. The molecule has 1 aromatic carbocycles. The Bertz CT molecular complexity index is 770. The molecule has 0 aliphatic carbocycles. The molecular formula is C19H22N2O2S. The second kappa shape index (κ2) is 6.20. The molecule has 2 unspecified atom stereocenters. The van der Waals surface area contributed by atoms with Crippen LogP contribution >= 0.6 is 11.3 Å². The van der Waals surface area contributed by atoms with E-state index < -0.39 is 0 Å². The van der Waals surface area contributed by atoms with Gasteiger partial charge in [0, 0.05) is 11.9 Å². The van der Waals surface area contributed by atoms with Crippen molar-refractivity contribution in [1.82, 2.24) is 9.88 Å². The molecule has 1 amide bonds. The van der Waals surface area contributed by atoms with Gasteiger partial charge in [-0.25, -0.2) is 4.98 Å². The summed E-state index contributed by atoms with van der Waals surface area (Å²) in [7, 11) is 0. The van der Waals surface area contributed by atoms with Gasteiger partial charge in [-0.3, -0.25) is 4.79 Å². The Kier molecular flexibility index (Phi) is 4.04. The Morgan fingerprint density at radius 2 is 2.21 bits per heavy atom. The normalized spacial score (nSPS) is 23.0. The lowest BCUT2D eigenvalue weighted by Crippen LogP contribution is -2.43. The maximum absolute atomic E-state index is 13.0. The van der Waals surface area contributed by atoms with Crippen molar-refractivity contribution in [2.45, 2.75) is 51.7 Å². The third kappa shape index (κ3) is 2.81. The van der Waals surface area contributed by atoms with Crippen LogP contribution in [-0.4, -0.2) is 28.4 Å². The third-order valence-electron chi connectivity index (χ3n) is 4.95. The number of aromatic nitrogens is 1. The monoisotopic (exact) mass is 342 g/mol. The number of aryl methyl sites for hydroxylation is 3. The molecule has 4 nitrogen and oxygen atoms in total. The number of nitrogens with zero attached hydrogens (tertiary/aromatic N) is 2. The molecule has 0 N–H and O–H groups in total. The molecule has 4 rings (SSSR count).